The maximum Gasteiger partial charge on any atom is 0.164 e. The van der Waals surface area contributed by atoms with Crippen LogP contribution in [0.15, 0.2) is 212 Å². The number of hydrogen-bond acceptors (Lipinski definition) is 4. The van der Waals surface area contributed by atoms with Gasteiger partial charge in [0.05, 0.1) is 32.5 Å². The summed E-state index contributed by atoms with van der Waals surface area (Å²) < 4.78 is 7.37. The third-order valence-electron chi connectivity index (χ3n) is 12.4. The van der Waals surface area contributed by atoms with E-state index in [0.29, 0.717) is 17.5 Å². The Morgan fingerprint density at radius 3 is 1.56 bits per heavy atom. The molecular weight excluding hydrogens is 787 g/mol. The molecule has 0 amide bonds. The molecular formula is C57H35N5S. The number of thiophene rings is 1. The second-order valence-corrected chi connectivity index (χ2v) is 17.0. The molecule has 9 aromatic carbocycles. The Balaban J connectivity index is 1.08. The summed E-state index contributed by atoms with van der Waals surface area (Å²) in [5.41, 5.74) is 12.1. The summed E-state index contributed by atoms with van der Waals surface area (Å²) in [7, 11) is 0. The van der Waals surface area contributed by atoms with E-state index in [-0.39, 0.29) is 0 Å². The quantitative estimate of drug-likeness (QED) is 0.168. The molecule has 6 heteroatoms. The molecule has 0 aliphatic heterocycles. The van der Waals surface area contributed by atoms with Gasteiger partial charge in [0.2, 0.25) is 0 Å². The molecule has 294 valence electrons. The standard InChI is InChI=1S/C57H35N5S/c1-4-16-36(17-5-1)37-30-32-39(33-31-37)56-58-55(38-18-6-2-7-19-38)59-57(60-56)45-24-14-27-48-51(45)43-34-35-44-52-49(62-46-25-12-10-22-41(46)42-23-11-13-26-47(42)62)28-15-29-50(52)63-54(44)53(43)61(48)40-20-8-3-9-21-40/h1-35H. The van der Waals surface area contributed by atoms with Crippen LogP contribution < -0.4 is 0 Å². The summed E-state index contributed by atoms with van der Waals surface area (Å²) >= 11 is 1.86. The average molecular weight is 822 g/mol. The number of benzene rings is 9. The van der Waals surface area contributed by atoms with Crippen LogP contribution in [0.3, 0.4) is 0 Å². The van der Waals surface area contributed by atoms with Crippen molar-refractivity contribution in [2.24, 2.45) is 0 Å². The summed E-state index contributed by atoms with van der Waals surface area (Å²) in [6, 6.07) is 75.4. The predicted molar refractivity (Wildman–Crippen MR) is 263 cm³/mol. The Morgan fingerprint density at radius 1 is 0.333 bits per heavy atom. The molecule has 0 bridgehead atoms. The van der Waals surface area contributed by atoms with E-state index in [9.17, 15) is 0 Å². The van der Waals surface area contributed by atoms with E-state index in [1.54, 1.807) is 0 Å². The zero-order valence-electron chi connectivity index (χ0n) is 33.9. The lowest BCUT2D eigenvalue weighted by atomic mass is 10.0. The number of fused-ring (bicyclic) bond motifs is 10. The fourth-order valence-corrected chi connectivity index (χ4v) is 10.9. The molecule has 0 saturated carbocycles. The first-order chi connectivity index (χ1) is 31.3. The topological polar surface area (TPSA) is 48.5 Å². The maximum absolute atomic E-state index is 5.30. The molecule has 0 saturated heterocycles. The summed E-state index contributed by atoms with van der Waals surface area (Å²) in [6.45, 7) is 0. The first-order valence-electron chi connectivity index (χ1n) is 21.2. The van der Waals surface area contributed by atoms with Crippen LogP contribution in [-0.4, -0.2) is 24.1 Å². The third kappa shape index (κ3) is 5.59. The van der Waals surface area contributed by atoms with Gasteiger partial charge in [-0.3, -0.25) is 0 Å². The second kappa shape index (κ2) is 14.2. The highest BCUT2D eigenvalue weighted by Gasteiger charge is 2.24. The summed E-state index contributed by atoms with van der Waals surface area (Å²) in [5.74, 6) is 1.90. The number of aromatic nitrogens is 5. The van der Waals surface area contributed by atoms with Crippen molar-refractivity contribution < 1.29 is 0 Å². The lowest BCUT2D eigenvalue weighted by molar-refractivity contribution is 1.08. The lowest BCUT2D eigenvalue weighted by Gasteiger charge is -2.11. The van der Waals surface area contributed by atoms with Gasteiger partial charge in [0.15, 0.2) is 17.5 Å². The van der Waals surface area contributed by atoms with Crippen LogP contribution >= 0.6 is 11.3 Å². The van der Waals surface area contributed by atoms with Crippen LogP contribution in [0.1, 0.15) is 0 Å². The van der Waals surface area contributed by atoms with Gasteiger partial charge in [-0.2, -0.15) is 0 Å². The molecule has 13 rings (SSSR count). The minimum absolute atomic E-state index is 0.631. The molecule has 4 aromatic heterocycles. The van der Waals surface area contributed by atoms with Gasteiger partial charge in [-0.15, -0.1) is 11.3 Å². The zero-order valence-corrected chi connectivity index (χ0v) is 34.7. The Hall–Kier alpha value is -8.19. The van der Waals surface area contributed by atoms with Crippen molar-refractivity contribution in [1.82, 2.24) is 24.1 Å². The summed E-state index contributed by atoms with van der Waals surface area (Å²) in [4.78, 5) is 15.7. The second-order valence-electron chi connectivity index (χ2n) is 15.9. The normalized spacial score (nSPS) is 11.8. The van der Waals surface area contributed by atoms with Crippen molar-refractivity contribution in [3.05, 3.63) is 212 Å². The van der Waals surface area contributed by atoms with Gasteiger partial charge in [-0.25, -0.2) is 15.0 Å². The third-order valence-corrected chi connectivity index (χ3v) is 13.6. The van der Waals surface area contributed by atoms with Crippen molar-refractivity contribution in [2.75, 3.05) is 0 Å². The van der Waals surface area contributed by atoms with Crippen LogP contribution in [0.4, 0.5) is 0 Å². The van der Waals surface area contributed by atoms with E-state index in [2.05, 4.69) is 197 Å². The molecule has 13 aromatic rings. The molecule has 0 radical (unpaired) electrons. The number of para-hydroxylation sites is 3. The van der Waals surface area contributed by atoms with Crippen molar-refractivity contribution in [3.63, 3.8) is 0 Å². The minimum atomic E-state index is 0.631. The molecule has 5 nitrogen and oxygen atoms in total. The predicted octanol–water partition coefficient (Wildman–Crippen LogP) is 15.1. The number of hydrogen-bond donors (Lipinski definition) is 0. The van der Waals surface area contributed by atoms with E-state index in [1.165, 1.54) is 58.7 Å². The van der Waals surface area contributed by atoms with Crippen LogP contribution in [0.25, 0.3) is 120 Å². The van der Waals surface area contributed by atoms with Crippen molar-refractivity contribution >= 4 is 75.1 Å². The first-order valence-corrected chi connectivity index (χ1v) is 22.0. The van der Waals surface area contributed by atoms with E-state index in [1.807, 2.05) is 35.6 Å². The molecule has 0 atom stereocenters. The fraction of sp³-hybridized carbons (Fsp3) is 0. The Bertz CT molecular complexity index is 3830. The van der Waals surface area contributed by atoms with Crippen LogP contribution in [-0.2, 0) is 0 Å². The van der Waals surface area contributed by atoms with Crippen LogP contribution in [0.2, 0.25) is 0 Å². The molecule has 0 aliphatic rings. The van der Waals surface area contributed by atoms with Gasteiger partial charge in [-0.1, -0.05) is 170 Å². The minimum Gasteiger partial charge on any atom is -0.309 e. The smallest absolute Gasteiger partial charge is 0.164 e. The van der Waals surface area contributed by atoms with Crippen molar-refractivity contribution in [3.8, 4) is 56.7 Å². The molecule has 0 spiro atoms. The highest BCUT2D eigenvalue weighted by atomic mass is 32.1. The lowest BCUT2D eigenvalue weighted by Crippen LogP contribution is -2.00. The fourth-order valence-electron chi connectivity index (χ4n) is 9.59. The number of rotatable bonds is 6. The van der Waals surface area contributed by atoms with E-state index >= 15 is 0 Å². The Morgan fingerprint density at radius 2 is 0.857 bits per heavy atom. The average Bonchev–Trinajstić information content (AvgIpc) is 4.03. The van der Waals surface area contributed by atoms with E-state index in [0.717, 1.165) is 44.2 Å². The van der Waals surface area contributed by atoms with Gasteiger partial charge >= 0.3 is 0 Å². The van der Waals surface area contributed by atoms with Crippen LogP contribution in [0.5, 0.6) is 0 Å². The largest absolute Gasteiger partial charge is 0.309 e. The molecule has 0 aliphatic carbocycles. The van der Waals surface area contributed by atoms with Crippen molar-refractivity contribution in [1.29, 1.82) is 0 Å². The molecule has 0 fully saturated rings. The van der Waals surface area contributed by atoms with E-state index in [4.69, 9.17) is 15.0 Å². The SMILES string of the molecule is c1ccc(-c2ccc(-c3nc(-c4ccccc4)nc(-c4cccc5c4c4ccc6c(sc7cccc(-n8c9ccccc9c9ccccc98)c76)c4n5-c4ccccc4)n3)cc2)cc1. The Labute approximate surface area is 366 Å². The van der Waals surface area contributed by atoms with Gasteiger partial charge in [0.25, 0.3) is 0 Å². The number of nitrogens with zero attached hydrogens (tertiary/aromatic N) is 5. The zero-order chi connectivity index (χ0) is 41.4. The maximum atomic E-state index is 5.30. The monoisotopic (exact) mass is 821 g/mol. The van der Waals surface area contributed by atoms with Gasteiger partial charge in [0.1, 0.15) is 0 Å². The molecule has 4 heterocycles. The van der Waals surface area contributed by atoms with Gasteiger partial charge in [-0.05, 0) is 53.6 Å². The van der Waals surface area contributed by atoms with Crippen molar-refractivity contribution in [2.45, 2.75) is 0 Å². The molecule has 0 N–H and O–H groups in total. The summed E-state index contributed by atoms with van der Waals surface area (Å²) in [5, 5.41) is 7.25. The summed E-state index contributed by atoms with van der Waals surface area (Å²) in [6.07, 6.45) is 0. The van der Waals surface area contributed by atoms with Crippen LogP contribution in [0, 0.1) is 0 Å². The van der Waals surface area contributed by atoms with Gasteiger partial charge in [0, 0.05) is 59.4 Å². The van der Waals surface area contributed by atoms with E-state index < -0.39 is 0 Å². The van der Waals surface area contributed by atoms with Gasteiger partial charge < -0.3 is 9.13 Å². The Kier molecular flexibility index (Phi) is 8.01. The molecule has 0 unspecified atom stereocenters. The highest BCUT2D eigenvalue weighted by Crippen LogP contribution is 2.47. The molecule has 63 heavy (non-hydrogen) atoms. The first kappa shape index (κ1) is 35.6. The highest BCUT2D eigenvalue weighted by molar-refractivity contribution is 7.26.